The topological polar surface area (TPSA) is 42.0 Å². The van der Waals surface area contributed by atoms with E-state index in [4.69, 9.17) is 9.47 Å². The number of hydrogen-bond donors (Lipinski definition) is 1. The summed E-state index contributed by atoms with van der Waals surface area (Å²) in [5.41, 5.74) is 1.22. The first-order valence-electron chi connectivity index (χ1n) is 7.26. The van der Waals surface area contributed by atoms with Crippen molar-refractivity contribution in [3.8, 4) is 11.5 Å². The minimum absolute atomic E-state index is 0.215. The molecular weight excluding hydrogens is 288 g/mol. The lowest BCUT2D eigenvalue weighted by Crippen LogP contribution is -2.48. The molecule has 0 bridgehead atoms. The molecule has 5 nitrogen and oxygen atoms in total. The van der Waals surface area contributed by atoms with Crippen molar-refractivity contribution in [2.24, 2.45) is 0 Å². The molecular formula is C15H20N2O3S. The summed E-state index contributed by atoms with van der Waals surface area (Å²) in [4.78, 5) is 16.1. The number of fused-ring (bicyclic) bond motifs is 1. The molecule has 1 fully saturated rings. The Bertz CT molecular complexity index is 516. The van der Waals surface area contributed by atoms with Gasteiger partial charge in [-0.05, 0) is 23.4 Å². The average Bonchev–Trinajstić information content (AvgIpc) is 2.96. The first-order chi connectivity index (χ1) is 10.3. The quantitative estimate of drug-likeness (QED) is 0.853. The lowest BCUT2D eigenvalue weighted by atomic mass is 10.1. The van der Waals surface area contributed by atoms with E-state index in [9.17, 15) is 4.79 Å². The van der Waals surface area contributed by atoms with Crippen molar-refractivity contribution < 1.29 is 14.3 Å². The molecule has 0 unspecified atom stereocenters. The Morgan fingerprint density at radius 3 is 2.67 bits per heavy atom. The summed E-state index contributed by atoms with van der Waals surface area (Å²) in [5, 5.41) is 0. The van der Waals surface area contributed by atoms with Crippen LogP contribution in [0.15, 0.2) is 18.2 Å². The SMILES string of the molecule is O=C(CCS)N1CCN(Cc2ccc3c(c2)OCO3)CC1. The van der Waals surface area contributed by atoms with Crippen LogP contribution in [0.4, 0.5) is 0 Å². The summed E-state index contributed by atoms with van der Waals surface area (Å²) >= 11 is 4.12. The van der Waals surface area contributed by atoms with Crippen molar-refractivity contribution in [2.45, 2.75) is 13.0 Å². The number of benzene rings is 1. The van der Waals surface area contributed by atoms with Gasteiger partial charge in [0, 0.05) is 39.1 Å². The summed E-state index contributed by atoms with van der Waals surface area (Å²) in [6.07, 6.45) is 0.533. The fourth-order valence-corrected chi connectivity index (χ4v) is 2.90. The van der Waals surface area contributed by atoms with Gasteiger partial charge >= 0.3 is 0 Å². The van der Waals surface area contributed by atoms with Gasteiger partial charge in [0.1, 0.15) is 0 Å². The molecule has 0 N–H and O–H groups in total. The number of nitrogens with zero attached hydrogens (tertiary/aromatic N) is 2. The number of rotatable bonds is 4. The molecule has 1 saturated heterocycles. The van der Waals surface area contributed by atoms with Gasteiger partial charge in [-0.3, -0.25) is 9.69 Å². The van der Waals surface area contributed by atoms with E-state index in [-0.39, 0.29) is 5.91 Å². The second-order valence-corrected chi connectivity index (χ2v) is 5.77. The third kappa shape index (κ3) is 3.44. The van der Waals surface area contributed by atoms with E-state index in [2.05, 4.69) is 23.6 Å². The lowest BCUT2D eigenvalue weighted by Gasteiger charge is -2.34. The minimum Gasteiger partial charge on any atom is -0.454 e. The Morgan fingerprint density at radius 1 is 1.14 bits per heavy atom. The largest absolute Gasteiger partial charge is 0.454 e. The second kappa shape index (κ2) is 6.58. The molecule has 0 spiro atoms. The molecule has 0 aromatic heterocycles. The molecule has 1 aromatic carbocycles. The van der Waals surface area contributed by atoms with Crippen molar-refractivity contribution in [3.63, 3.8) is 0 Å². The maximum Gasteiger partial charge on any atom is 0.231 e. The number of carbonyl (C=O) groups is 1. The summed E-state index contributed by atoms with van der Waals surface area (Å²) in [5.74, 6) is 2.49. The first-order valence-corrected chi connectivity index (χ1v) is 7.89. The van der Waals surface area contributed by atoms with Crippen molar-refractivity contribution in [3.05, 3.63) is 23.8 Å². The molecule has 2 heterocycles. The van der Waals surface area contributed by atoms with Gasteiger partial charge in [-0.1, -0.05) is 6.07 Å². The maximum atomic E-state index is 11.8. The molecule has 21 heavy (non-hydrogen) atoms. The molecule has 3 rings (SSSR count). The van der Waals surface area contributed by atoms with Crippen LogP contribution in [0.5, 0.6) is 11.5 Å². The van der Waals surface area contributed by atoms with Crippen LogP contribution < -0.4 is 9.47 Å². The molecule has 2 aliphatic rings. The van der Waals surface area contributed by atoms with Gasteiger partial charge in [0.05, 0.1) is 0 Å². The van der Waals surface area contributed by atoms with E-state index >= 15 is 0 Å². The Morgan fingerprint density at radius 2 is 1.90 bits per heavy atom. The fourth-order valence-electron chi connectivity index (χ4n) is 2.71. The summed E-state index contributed by atoms with van der Waals surface area (Å²) in [7, 11) is 0. The van der Waals surface area contributed by atoms with E-state index in [1.807, 2.05) is 17.0 Å². The van der Waals surface area contributed by atoms with E-state index < -0.39 is 0 Å². The van der Waals surface area contributed by atoms with Crippen molar-refractivity contribution in [2.75, 3.05) is 38.7 Å². The van der Waals surface area contributed by atoms with E-state index in [1.54, 1.807) is 0 Å². The maximum absolute atomic E-state index is 11.8. The van der Waals surface area contributed by atoms with E-state index in [1.165, 1.54) is 5.56 Å². The highest BCUT2D eigenvalue weighted by Crippen LogP contribution is 2.32. The van der Waals surface area contributed by atoms with Gasteiger partial charge in [-0.2, -0.15) is 12.6 Å². The molecule has 0 saturated carbocycles. The van der Waals surface area contributed by atoms with E-state index in [0.717, 1.165) is 44.2 Å². The van der Waals surface area contributed by atoms with Gasteiger partial charge in [0.2, 0.25) is 12.7 Å². The molecule has 0 aliphatic carbocycles. The zero-order chi connectivity index (χ0) is 14.7. The number of ether oxygens (including phenoxy) is 2. The molecule has 0 atom stereocenters. The number of hydrogen-bond acceptors (Lipinski definition) is 5. The highest BCUT2D eigenvalue weighted by Gasteiger charge is 2.21. The third-order valence-corrected chi connectivity index (χ3v) is 4.12. The molecule has 2 aliphatic heterocycles. The standard InChI is InChI=1S/C15H20N2O3S/c18-15(3-8-21)17-6-4-16(5-7-17)10-12-1-2-13-14(9-12)20-11-19-13/h1-2,9,21H,3-8,10-11H2. The highest BCUT2D eigenvalue weighted by molar-refractivity contribution is 7.80. The van der Waals surface area contributed by atoms with Gasteiger partial charge in [0.25, 0.3) is 0 Å². The minimum atomic E-state index is 0.215. The predicted molar refractivity (Wildman–Crippen MR) is 82.9 cm³/mol. The Balaban J connectivity index is 1.52. The zero-order valence-electron chi connectivity index (χ0n) is 12.0. The van der Waals surface area contributed by atoms with Gasteiger partial charge in [0.15, 0.2) is 11.5 Å². The molecule has 1 amide bonds. The van der Waals surface area contributed by atoms with Gasteiger partial charge < -0.3 is 14.4 Å². The van der Waals surface area contributed by atoms with Gasteiger partial charge in [-0.25, -0.2) is 0 Å². The third-order valence-electron chi connectivity index (χ3n) is 3.89. The Kier molecular flexibility index (Phi) is 4.55. The monoisotopic (exact) mass is 308 g/mol. The van der Waals surface area contributed by atoms with Gasteiger partial charge in [-0.15, -0.1) is 0 Å². The van der Waals surface area contributed by atoms with Crippen molar-refractivity contribution >= 4 is 18.5 Å². The average molecular weight is 308 g/mol. The molecule has 6 heteroatoms. The van der Waals surface area contributed by atoms with Crippen LogP contribution in [0.2, 0.25) is 0 Å². The van der Waals surface area contributed by atoms with Crippen LogP contribution in [0.3, 0.4) is 0 Å². The predicted octanol–water partition coefficient (Wildman–Crippen LogP) is 1.38. The summed E-state index contributed by atoms with van der Waals surface area (Å²) < 4.78 is 10.7. The number of piperazine rings is 1. The van der Waals surface area contributed by atoms with Crippen molar-refractivity contribution in [1.82, 2.24) is 9.80 Å². The van der Waals surface area contributed by atoms with E-state index in [0.29, 0.717) is 19.0 Å². The van der Waals surface area contributed by atoms with Crippen LogP contribution in [-0.2, 0) is 11.3 Å². The van der Waals surface area contributed by atoms with Crippen LogP contribution in [0, 0.1) is 0 Å². The zero-order valence-corrected chi connectivity index (χ0v) is 12.8. The number of thiol groups is 1. The normalized spacial score (nSPS) is 18.0. The highest BCUT2D eigenvalue weighted by atomic mass is 32.1. The fraction of sp³-hybridized carbons (Fsp3) is 0.533. The van der Waals surface area contributed by atoms with Crippen LogP contribution >= 0.6 is 12.6 Å². The van der Waals surface area contributed by atoms with Crippen LogP contribution in [0.1, 0.15) is 12.0 Å². The smallest absolute Gasteiger partial charge is 0.231 e. The molecule has 0 radical (unpaired) electrons. The molecule has 1 aromatic rings. The second-order valence-electron chi connectivity index (χ2n) is 5.32. The Hall–Kier alpha value is -1.40. The number of carbonyl (C=O) groups excluding carboxylic acids is 1. The molecule has 114 valence electrons. The van der Waals surface area contributed by atoms with Crippen LogP contribution in [0.25, 0.3) is 0 Å². The van der Waals surface area contributed by atoms with Crippen molar-refractivity contribution in [1.29, 1.82) is 0 Å². The first kappa shape index (κ1) is 14.5. The lowest BCUT2D eigenvalue weighted by molar-refractivity contribution is -0.132. The summed E-state index contributed by atoms with van der Waals surface area (Å²) in [6, 6.07) is 6.08. The number of amides is 1. The Labute approximate surface area is 130 Å². The summed E-state index contributed by atoms with van der Waals surface area (Å²) in [6.45, 7) is 4.61. The van der Waals surface area contributed by atoms with Crippen LogP contribution in [-0.4, -0.2) is 54.4 Å².